The van der Waals surface area contributed by atoms with E-state index in [9.17, 15) is 35.9 Å². The van der Waals surface area contributed by atoms with Gasteiger partial charge < -0.3 is 11.1 Å². The highest BCUT2D eigenvalue weighted by molar-refractivity contribution is 7.21. The second-order valence-corrected chi connectivity index (χ2v) is 10.4. The quantitative estimate of drug-likeness (QED) is 0.234. The number of benzene rings is 1. The summed E-state index contributed by atoms with van der Waals surface area (Å²) in [6.45, 7) is 0. The largest absolute Gasteiger partial charge is 0.433 e. The third kappa shape index (κ3) is 4.85. The van der Waals surface area contributed by atoms with Crippen LogP contribution in [0.25, 0.3) is 27.0 Å². The van der Waals surface area contributed by atoms with Crippen LogP contribution in [0.15, 0.2) is 48.5 Å². The van der Waals surface area contributed by atoms with Gasteiger partial charge >= 0.3 is 12.4 Å². The Kier molecular flexibility index (Phi) is 6.02. The minimum atomic E-state index is -4.82. The summed E-state index contributed by atoms with van der Waals surface area (Å²) in [4.78, 5) is 33.0. The first kappa shape index (κ1) is 26.7. The zero-order chi connectivity index (χ0) is 29.3. The lowest BCUT2D eigenvalue weighted by atomic mass is 10.0. The van der Waals surface area contributed by atoms with Crippen molar-refractivity contribution in [3.05, 3.63) is 76.2 Å². The summed E-state index contributed by atoms with van der Waals surface area (Å²) < 4.78 is 83.0. The van der Waals surface area contributed by atoms with E-state index in [0.29, 0.717) is 34.3 Å². The Labute approximate surface area is 229 Å². The Bertz CT molecular complexity index is 1860. The van der Waals surface area contributed by atoms with Gasteiger partial charge in [0.25, 0.3) is 11.8 Å². The maximum Gasteiger partial charge on any atom is 0.433 e. The van der Waals surface area contributed by atoms with Gasteiger partial charge in [0.2, 0.25) is 0 Å². The highest BCUT2D eigenvalue weighted by Crippen LogP contribution is 2.44. The number of anilines is 1. The molecule has 2 amide bonds. The van der Waals surface area contributed by atoms with E-state index in [-0.39, 0.29) is 43.6 Å². The third-order valence-corrected chi connectivity index (χ3v) is 7.56. The molecule has 0 saturated heterocycles. The summed E-state index contributed by atoms with van der Waals surface area (Å²) >= 11 is 0.544. The van der Waals surface area contributed by atoms with Gasteiger partial charge in [0.1, 0.15) is 21.1 Å². The first-order valence-electron chi connectivity index (χ1n) is 12.0. The number of nitrogens with one attached hydrogen (secondary N) is 1. The minimum absolute atomic E-state index is 0.00485. The zero-order valence-corrected chi connectivity index (χ0v) is 21.3. The number of halogens is 6. The number of primary amides is 1. The van der Waals surface area contributed by atoms with Crippen LogP contribution in [0.4, 0.5) is 32.0 Å². The Morgan fingerprint density at radius 3 is 2.29 bits per heavy atom. The first-order chi connectivity index (χ1) is 19.3. The van der Waals surface area contributed by atoms with E-state index in [2.05, 4.69) is 20.4 Å². The molecule has 8 nitrogen and oxygen atoms in total. The molecule has 6 rings (SSSR count). The lowest BCUT2D eigenvalue weighted by molar-refractivity contribution is -0.143. The number of carbonyl (C=O) groups excluding carboxylic acids is 2. The maximum atomic E-state index is 13.8. The average Bonchev–Trinajstić information content (AvgIpc) is 3.56. The van der Waals surface area contributed by atoms with Crippen molar-refractivity contribution in [2.75, 3.05) is 5.32 Å². The number of aromatic nitrogens is 4. The van der Waals surface area contributed by atoms with E-state index >= 15 is 0 Å². The molecular weight excluding hydrogens is 574 g/mol. The molecule has 15 heteroatoms. The molecule has 0 aliphatic heterocycles. The number of carbonyl (C=O) groups is 2. The number of hydrogen-bond acceptors (Lipinski definition) is 6. The van der Waals surface area contributed by atoms with Gasteiger partial charge in [-0.05, 0) is 36.1 Å². The number of pyridine rings is 1. The van der Waals surface area contributed by atoms with Crippen molar-refractivity contribution in [2.24, 2.45) is 5.73 Å². The molecule has 0 spiro atoms. The third-order valence-electron chi connectivity index (χ3n) is 6.47. The van der Waals surface area contributed by atoms with Gasteiger partial charge in [0, 0.05) is 23.1 Å². The van der Waals surface area contributed by atoms with Gasteiger partial charge in [-0.2, -0.15) is 31.4 Å². The smallest absolute Gasteiger partial charge is 0.365 e. The molecule has 5 aromatic rings. The molecule has 41 heavy (non-hydrogen) atoms. The van der Waals surface area contributed by atoms with Crippen LogP contribution in [0.5, 0.6) is 0 Å². The van der Waals surface area contributed by atoms with Crippen molar-refractivity contribution in [3.63, 3.8) is 0 Å². The first-order valence-corrected chi connectivity index (χ1v) is 12.8. The monoisotopic (exact) mass is 590 g/mol. The van der Waals surface area contributed by atoms with Crippen LogP contribution in [-0.4, -0.2) is 31.4 Å². The molecule has 210 valence electrons. The number of nitrogens with two attached hydrogens (primary N) is 1. The van der Waals surface area contributed by atoms with Gasteiger partial charge in [0.15, 0.2) is 11.3 Å². The molecular formula is C26H16F6N6O2S. The molecule has 0 radical (unpaired) electrons. The lowest BCUT2D eigenvalue weighted by Gasteiger charge is -2.12. The normalized spacial score (nSPS) is 14.1. The highest BCUT2D eigenvalue weighted by atomic mass is 32.1. The summed E-state index contributed by atoms with van der Waals surface area (Å²) in [5, 5.41) is 6.24. The Balaban J connectivity index is 1.50. The molecule has 1 fully saturated rings. The summed E-state index contributed by atoms with van der Waals surface area (Å²) in [6.07, 6.45) is -8.23. The Hall–Kier alpha value is -4.53. The molecule has 1 aliphatic rings. The SMILES string of the molecule is NC(=O)c1sc2nc(C(F)(F)F)cc(-c3ccccc3)c2c1NC(=O)c1cc2nc(C3CC3)cc(C(F)(F)F)n2n1. The topological polar surface area (TPSA) is 115 Å². The van der Waals surface area contributed by atoms with Crippen LogP contribution in [0.3, 0.4) is 0 Å². The Morgan fingerprint density at radius 1 is 0.976 bits per heavy atom. The number of rotatable bonds is 5. The van der Waals surface area contributed by atoms with Crippen molar-refractivity contribution in [1.82, 2.24) is 19.6 Å². The second-order valence-electron chi connectivity index (χ2n) is 9.36. The fourth-order valence-electron chi connectivity index (χ4n) is 4.45. The molecule has 0 bridgehead atoms. The van der Waals surface area contributed by atoms with E-state index in [4.69, 9.17) is 5.73 Å². The maximum absolute atomic E-state index is 13.8. The molecule has 0 atom stereocenters. The van der Waals surface area contributed by atoms with Gasteiger partial charge in [0.05, 0.1) is 5.69 Å². The zero-order valence-electron chi connectivity index (χ0n) is 20.5. The van der Waals surface area contributed by atoms with Crippen LogP contribution in [0.2, 0.25) is 0 Å². The lowest BCUT2D eigenvalue weighted by Crippen LogP contribution is -2.18. The van der Waals surface area contributed by atoms with Gasteiger partial charge in [-0.25, -0.2) is 14.5 Å². The molecule has 4 aromatic heterocycles. The van der Waals surface area contributed by atoms with Crippen molar-refractivity contribution in [3.8, 4) is 11.1 Å². The molecule has 1 aliphatic carbocycles. The van der Waals surface area contributed by atoms with Gasteiger partial charge in [-0.3, -0.25) is 9.59 Å². The average molecular weight is 591 g/mol. The molecule has 0 unspecified atom stereocenters. The number of amides is 2. The van der Waals surface area contributed by atoms with E-state index in [1.807, 2.05) is 0 Å². The molecule has 1 saturated carbocycles. The summed E-state index contributed by atoms with van der Waals surface area (Å²) in [5.41, 5.74) is 2.82. The van der Waals surface area contributed by atoms with E-state index in [1.165, 1.54) is 12.1 Å². The predicted molar refractivity (Wildman–Crippen MR) is 136 cm³/mol. The number of thiophene rings is 1. The van der Waals surface area contributed by atoms with Crippen LogP contribution >= 0.6 is 11.3 Å². The van der Waals surface area contributed by atoms with Crippen LogP contribution in [-0.2, 0) is 12.4 Å². The fraction of sp³-hybridized carbons (Fsp3) is 0.192. The van der Waals surface area contributed by atoms with Crippen molar-refractivity contribution in [2.45, 2.75) is 31.1 Å². The molecule has 1 aromatic carbocycles. The van der Waals surface area contributed by atoms with Gasteiger partial charge in [-0.1, -0.05) is 30.3 Å². The summed E-state index contributed by atoms with van der Waals surface area (Å²) in [7, 11) is 0. The van der Waals surface area contributed by atoms with Crippen molar-refractivity contribution < 1.29 is 35.9 Å². The van der Waals surface area contributed by atoms with Gasteiger partial charge in [-0.15, -0.1) is 11.3 Å². The number of hydrogen-bond donors (Lipinski definition) is 2. The minimum Gasteiger partial charge on any atom is -0.365 e. The van der Waals surface area contributed by atoms with Crippen LogP contribution < -0.4 is 11.1 Å². The van der Waals surface area contributed by atoms with Crippen LogP contribution in [0.1, 0.15) is 56.0 Å². The van der Waals surface area contributed by atoms with E-state index in [0.717, 1.165) is 18.2 Å². The predicted octanol–water partition coefficient (Wildman–Crippen LogP) is 6.27. The van der Waals surface area contributed by atoms with Crippen molar-refractivity contribution in [1.29, 1.82) is 0 Å². The number of nitrogens with zero attached hydrogens (tertiary/aromatic N) is 4. The summed E-state index contributed by atoms with van der Waals surface area (Å²) in [6, 6.07) is 10.6. The number of fused-ring (bicyclic) bond motifs is 2. The van der Waals surface area contributed by atoms with Crippen molar-refractivity contribution >= 4 is 44.7 Å². The number of alkyl halides is 6. The second kappa shape index (κ2) is 9.26. The molecule has 4 heterocycles. The van der Waals surface area contributed by atoms with E-state index in [1.54, 1.807) is 18.2 Å². The molecule has 3 N–H and O–H groups in total. The van der Waals surface area contributed by atoms with E-state index < -0.39 is 41.2 Å². The Morgan fingerprint density at radius 2 is 1.68 bits per heavy atom. The fourth-order valence-corrected chi connectivity index (χ4v) is 5.46. The summed E-state index contributed by atoms with van der Waals surface area (Å²) in [5.74, 6) is -2.20. The van der Waals surface area contributed by atoms with Crippen LogP contribution in [0, 0.1) is 0 Å². The standard InChI is InChI=1S/C26H16F6N6O2S/c27-25(28,29)16-8-13(11-4-2-1-3-5-11)19-20(21(22(33)39)41-24(19)35-16)36-23(40)15-10-18-34-14(12-6-7-12)9-17(26(30,31)32)38(18)37-15/h1-5,8-10,12H,6-7H2,(H2,33,39)(H,36,40). The highest BCUT2D eigenvalue weighted by Gasteiger charge is 2.38.